The van der Waals surface area contributed by atoms with Crippen molar-refractivity contribution in [3.8, 4) is 17.0 Å². The summed E-state index contributed by atoms with van der Waals surface area (Å²) in [6, 6.07) is 6.09. The van der Waals surface area contributed by atoms with Gasteiger partial charge in [-0.15, -0.1) is 0 Å². The first kappa shape index (κ1) is 18.3. The first-order chi connectivity index (χ1) is 12.5. The lowest BCUT2D eigenvalue weighted by atomic mass is 9.88. The third-order valence-electron chi connectivity index (χ3n) is 4.86. The minimum Gasteiger partial charge on any atom is -0.497 e. The fourth-order valence-corrected chi connectivity index (χ4v) is 3.65. The number of benzene rings is 1. The summed E-state index contributed by atoms with van der Waals surface area (Å²) in [6.45, 7) is 3.82. The molecule has 0 bridgehead atoms. The Bertz CT molecular complexity index is 824. The van der Waals surface area contributed by atoms with Crippen molar-refractivity contribution in [2.24, 2.45) is 7.05 Å². The Kier molecular flexibility index (Phi) is 5.23. The predicted octanol–water partition coefficient (Wildman–Crippen LogP) is 2.93. The normalized spacial score (nSPS) is 12.5. The number of carbonyl (C=O) groups is 1. The highest BCUT2D eigenvalue weighted by Gasteiger charge is 2.27. The van der Waals surface area contributed by atoms with E-state index in [1.54, 1.807) is 7.11 Å². The first-order valence-corrected chi connectivity index (χ1v) is 8.87. The quantitative estimate of drug-likeness (QED) is 0.862. The van der Waals surface area contributed by atoms with Crippen LogP contribution in [0.5, 0.6) is 5.75 Å². The van der Waals surface area contributed by atoms with Gasteiger partial charge in [0, 0.05) is 24.2 Å². The number of nitrogens with zero attached hydrogens (tertiary/aromatic N) is 1. The van der Waals surface area contributed by atoms with E-state index in [9.17, 15) is 9.90 Å². The number of rotatable bonds is 5. The standard InChI is InChI=1S/C20H26N2O4/c1-12(2)21-20(24)26-11-18-17(10-23)16-7-5-13-9-14(25-4)6-8-15(13)19(16)22(18)3/h6,8-9,12,23H,5,7,10-11H2,1-4H3,(H,21,24). The summed E-state index contributed by atoms with van der Waals surface area (Å²) in [4.78, 5) is 11.8. The van der Waals surface area contributed by atoms with Gasteiger partial charge in [0.1, 0.15) is 12.4 Å². The molecule has 0 saturated heterocycles. The van der Waals surface area contributed by atoms with Gasteiger partial charge in [-0.1, -0.05) is 0 Å². The highest BCUT2D eigenvalue weighted by molar-refractivity contribution is 5.74. The summed E-state index contributed by atoms with van der Waals surface area (Å²) >= 11 is 0. The largest absolute Gasteiger partial charge is 0.497 e. The van der Waals surface area contributed by atoms with Crippen molar-refractivity contribution in [1.82, 2.24) is 9.88 Å². The fraction of sp³-hybridized carbons (Fsp3) is 0.450. The fourth-order valence-electron chi connectivity index (χ4n) is 3.65. The Morgan fingerprint density at radius 3 is 2.77 bits per heavy atom. The van der Waals surface area contributed by atoms with E-state index in [1.807, 2.05) is 31.5 Å². The van der Waals surface area contributed by atoms with Gasteiger partial charge in [-0.25, -0.2) is 4.79 Å². The summed E-state index contributed by atoms with van der Waals surface area (Å²) in [5, 5.41) is 12.7. The topological polar surface area (TPSA) is 72.7 Å². The van der Waals surface area contributed by atoms with E-state index < -0.39 is 6.09 Å². The molecule has 1 aromatic heterocycles. The zero-order chi connectivity index (χ0) is 18.8. The lowest BCUT2D eigenvalue weighted by Crippen LogP contribution is -2.30. The number of aliphatic hydroxyl groups excluding tert-OH is 1. The molecule has 1 heterocycles. The minimum absolute atomic E-state index is 0.0169. The zero-order valence-electron chi connectivity index (χ0n) is 15.8. The molecular formula is C20H26N2O4. The molecule has 140 valence electrons. The monoisotopic (exact) mass is 358 g/mol. The van der Waals surface area contributed by atoms with Gasteiger partial charge in [-0.2, -0.15) is 0 Å². The number of hydrogen-bond donors (Lipinski definition) is 2. The molecule has 1 aromatic carbocycles. The molecule has 2 N–H and O–H groups in total. The maximum atomic E-state index is 11.8. The van der Waals surface area contributed by atoms with E-state index in [2.05, 4.69) is 17.4 Å². The highest BCUT2D eigenvalue weighted by atomic mass is 16.5. The molecule has 1 amide bonds. The van der Waals surface area contributed by atoms with Crippen LogP contribution in [0.4, 0.5) is 4.79 Å². The Balaban J connectivity index is 1.96. The molecule has 0 atom stereocenters. The number of nitrogens with one attached hydrogen (secondary N) is 1. The summed E-state index contributed by atoms with van der Waals surface area (Å²) in [7, 11) is 3.62. The van der Waals surface area contributed by atoms with Crippen LogP contribution in [0.15, 0.2) is 18.2 Å². The SMILES string of the molecule is COc1ccc2c(c1)CCc1c(CO)c(COC(=O)NC(C)C)n(C)c1-2. The molecule has 1 aliphatic carbocycles. The number of aryl methyl sites for hydroxylation is 1. The van der Waals surface area contributed by atoms with Crippen molar-refractivity contribution in [1.29, 1.82) is 0 Å². The smallest absolute Gasteiger partial charge is 0.407 e. The van der Waals surface area contributed by atoms with Gasteiger partial charge in [-0.05, 0) is 56.0 Å². The lowest BCUT2D eigenvalue weighted by molar-refractivity contribution is 0.133. The molecule has 0 unspecified atom stereocenters. The van der Waals surface area contributed by atoms with Crippen LogP contribution in [0, 0.1) is 0 Å². The third kappa shape index (κ3) is 3.29. The van der Waals surface area contributed by atoms with E-state index in [4.69, 9.17) is 9.47 Å². The number of carbonyl (C=O) groups excluding carboxylic acids is 1. The number of aromatic nitrogens is 1. The lowest BCUT2D eigenvalue weighted by Gasteiger charge is -2.19. The zero-order valence-corrected chi connectivity index (χ0v) is 15.8. The van der Waals surface area contributed by atoms with Crippen LogP contribution in [0.2, 0.25) is 0 Å². The Hall–Kier alpha value is -2.47. The summed E-state index contributed by atoms with van der Waals surface area (Å²) in [5.74, 6) is 0.845. The van der Waals surface area contributed by atoms with Gasteiger partial charge in [0.25, 0.3) is 0 Å². The maximum absolute atomic E-state index is 11.8. The number of amides is 1. The minimum atomic E-state index is -0.451. The maximum Gasteiger partial charge on any atom is 0.407 e. The third-order valence-corrected chi connectivity index (χ3v) is 4.86. The van der Waals surface area contributed by atoms with E-state index in [-0.39, 0.29) is 19.3 Å². The number of ether oxygens (including phenoxy) is 2. The summed E-state index contributed by atoms with van der Waals surface area (Å²) in [6.07, 6.45) is 1.29. The van der Waals surface area contributed by atoms with Crippen LogP contribution in [0.3, 0.4) is 0 Å². The Morgan fingerprint density at radius 2 is 2.12 bits per heavy atom. The average Bonchev–Trinajstić information content (AvgIpc) is 2.90. The van der Waals surface area contributed by atoms with Gasteiger partial charge in [0.15, 0.2) is 0 Å². The van der Waals surface area contributed by atoms with Crippen LogP contribution >= 0.6 is 0 Å². The van der Waals surface area contributed by atoms with Gasteiger partial charge >= 0.3 is 6.09 Å². The predicted molar refractivity (Wildman–Crippen MR) is 99.2 cm³/mol. The molecule has 6 heteroatoms. The number of fused-ring (bicyclic) bond motifs is 3. The van der Waals surface area contributed by atoms with Crippen LogP contribution in [-0.2, 0) is 37.8 Å². The summed E-state index contributed by atoms with van der Waals surface area (Å²) < 4.78 is 12.7. The molecule has 6 nitrogen and oxygen atoms in total. The van der Waals surface area contributed by atoms with E-state index in [1.165, 1.54) is 5.56 Å². The van der Waals surface area contributed by atoms with Crippen molar-refractivity contribution >= 4 is 6.09 Å². The molecule has 0 aliphatic heterocycles. The molecule has 0 fully saturated rings. The number of hydrogen-bond acceptors (Lipinski definition) is 4. The van der Waals surface area contributed by atoms with Crippen LogP contribution in [-0.4, -0.2) is 28.9 Å². The molecule has 26 heavy (non-hydrogen) atoms. The van der Waals surface area contributed by atoms with Crippen molar-refractivity contribution in [2.45, 2.75) is 45.9 Å². The number of methoxy groups -OCH3 is 1. The number of aliphatic hydroxyl groups is 1. The van der Waals surface area contributed by atoms with Crippen LogP contribution in [0.1, 0.15) is 36.2 Å². The van der Waals surface area contributed by atoms with Gasteiger partial charge < -0.3 is 24.5 Å². The first-order valence-electron chi connectivity index (χ1n) is 8.87. The van der Waals surface area contributed by atoms with Gasteiger partial charge in [0.2, 0.25) is 0 Å². The van der Waals surface area contributed by atoms with Crippen molar-refractivity contribution < 1.29 is 19.4 Å². The molecule has 0 spiro atoms. The second kappa shape index (κ2) is 7.41. The average molecular weight is 358 g/mol. The highest BCUT2D eigenvalue weighted by Crippen LogP contribution is 2.39. The second-order valence-corrected chi connectivity index (χ2v) is 6.87. The van der Waals surface area contributed by atoms with Gasteiger partial charge in [-0.3, -0.25) is 0 Å². The molecular weight excluding hydrogens is 332 g/mol. The Morgan fingerprint density at radius 1 is 1.35 bits per heavy atom. The molecule has 2 aromatic rings. The van der Waals surface area contributed by atoms with Crippen LogP contribution in [0.25, 0.3) is 11.3 Å². The number of alkyl carbamates (subject to hydrolysis) is 1. The van der Waals surface area contributed by atoms with Crippen molar-refractivity contribution in [2.75, 3.05) is 7.11 Å². The summed E-state index contributed by atoms with van der Waals surface area (Å²) in [5.41, 5.74) is 6.28. The molecule has 1 aliphatic rings. The van der Waals surface area contributed by atoms with E-state index in [0.717, 1.165) is 46.7 Å². The van der Waals surface area contributed by atoms with Crippen molar-refractivity contribution in [3.05, 3.63) is 40.6 Å². The molecule has 3 rings (SSSR count). The van der Waals surface area contributed by atoms with Crippen molar-refractivity contribution in [3.63, 3.8) is 0 Å². The second-order valence-electron chi connectivity index (χ2n) is 6.87. The Labute approximate surface area is 153 Å². The van der Waals surface area contributed by atoms with E-state index >= 15 is 0 Å². The molecule has 0 radical (unpaired) electrons. The van der Waals surface area contributed by atoms with Gasteiger partial charge in [0.05, 0.1) is 25.1 Å². The molecule has 0 saturated carbocycles. The van der Waals surface area contributed by atoms with E-state index in [0.29, 0.717) is 0 Å². The van der Waals surface area contributed by atoms with Crippen LogP contribution < -0.4 is 10.1 Å².